The van der Waals surface area contributed by atoms with Crippen LogP contribution in [0.4, 0.5) is 0 Å². The van der Waals surface area contributed by atoms with Crippen LogP contribution in [0.3, 0.4) is 0 Å². The zero-order valence-corrected chi connectivity index (χ0v) is 45.2. The fraction of sp³-hybridized carbons (Fsp3) is 0.0667. The van der Waals surface area contributed by atoms with E-state index in [2.05, 4.69) is 281 Å². The van der Waals surface area contributed by atoms with Crippen LogP contribution in [0, 0.1) is 0 Å². The Hall–Kier alpha value is -9.88. The van der Waals surface area contributed by atoms with Gasteiger partial charge in [-0.15, -0.1) is 11.3 Å². The highest BCUT2D eigenvalue weighted by Gasteiger charge is 2.28. The van der Waals surface area contributed by atoms with Crippen LogP contribution in [0.1, 0.15) is 53.6 Å². The van der Waals surface area contributed by atoms with Crippen LogP contribution < -0.4 is 5.32 Å². The lowest BCUT2D eigenvalue weighted by molar-refractivity contribution is 0.671. The molecule has 1 N–H and O–H groups in total. The molecule has 0 amide bonds. The normalized spacial score (nSPS) is 16.2. The van der Waals surface area contributed by atoms with E-state index >= 15 is 0 Å². The molecule has 10 aromatic carbocycles. The Bertz CT molecular complexity index is 4880. The molecule has 5 nitrogen and oxygen atoms in total. The molecular formula is C75H53N5S. The van der Waals surface area contributed by atoms with E-state index in [-0.39, 0.29) is 5.92 Å². The van der Waals surface area contributed by atoms with E-state index < -0.39 is 6.17 Å². The number of thiophene rings is 1. The largest absolute Gasteiger partial charge is 0.344 e. The smallest absolute Gasteiger partial charge is 0.159 e. The zero-order chi connectivity index (χ0) is 53.4. The van der Waals surface area contributed by atoms with Crippen LogP contribution in [0.2, 0.25) is 0 Å². The van der Waals surface area contributed by atoms with Crippen molar-refractivity contribution in [2.24, 2.45) is 9.98 Å². The van der Waals surface area contributed by atoms with Gasteiger partial charge in [0.25, 0.3) is 0 Å². The minimum Gasteiger partial charge on any atom is -0.344 e. The van der Waals surface area contributed by atoms with Crippen molar-refractivity contribution in [3.63, 3.8) is 0 Å². The van der Waals surface area contributed by atoms with Crippen LogP contribution in [0.25, 0.3) is 109 Å². The summed E-state index contributed by atoms with van der Waals surface area (Å²) in [6.45, 7) is 0. The molecule has 3 aromatic heterocycles. The summed E-state index contributed by atoms with van der Waals surface area (Å²) in [6, 6.07) is 82.5. The highest BCUT2D eigenvalue weighted by Crippen LogP contribution is 2.47. The van der Waals surface area contributed by atoms with Crippen molar-refractivity contribution in [3.05, 3.63) is 289 Å². The standard InChI is InChI=1S/C75H53N5S/c1-5-20-48(21-6-1)51-26-17-27-54(44-51)73-76-74(55-40-43-70-63(45-55)57-30-14-16-37-69(57)81-70)78-75(77-73)62-42-39-53(50-24-9-3-10-25-50)47-68(62)80-66-36-19-33-59(72(66)61-41-38-52(46-67(61)80)49-22-7-2-8-23-49)58-32-18-35-65-71(58)60-31-13-15-34-64(60)79(65)56-28-11-4-12-29-56/h1-11,13-22,24-28,30-47,49,75H,12,23,29H2,(H,76,77,78). The van der Waals surface area contributed by atoms with E-state index in [9.17, 15) is 0 Å². The molecule has 2 unspecified atom stereocenters. The third-order valence-electron chi connectivity index (χ3n) is 16.8. The van der Waals surface area contributed by atoms with Gasteiger partial charge in [0, 0.05) is 70.0 Å². The number of hydrogen-bond donors (Lipinski definition) is 1. The minimum absolute atomic E-state index is 0.250. The van der Waals surface area contributed by atoms with Crippen LogP contribution >= 0.6 is 11.3 Å². The molecule has 4 heterocycles. The first-order valence-corrected chi connectivity index (χ1v) is 29.0. The second-order valence-corrected chi connectivity index (χ2v) is 22.6. The first-order chi connectivity index (χ1) is 40.2. The summed E-state index contributed by atoms with van der Waals surface area (Å²) >= 11 is 1.83. The van der Waals surface area contributed by atoms with E-state index in [1.165, 1.54) is 75.1 Å². The summed E-state index contributed by atoms with van der Waals surface area (Å²) in [5.41, 5.74) is 18.4. The van der Waals surface area contributed by atoms with Gasteiger partial charge >= 0.3 is 0 Å². The number of allylic oxidation sites excluding steroid dienone is 8. The summed E-state index contributed by atoms with van der Waals surface area (Å²) in [5.74, 6) is 1.71. The number of aromatic nitrogens is 2. The lowest BCUT2D eigenvalue weighted by atomic mass is 9.91. The highest BCUT2D eigenvalue weighted by atomic mass is 32.1. The summed E-state index contributed by atoms with van der Waals surface area (Å²) in [4.78, 5) is 11.2. The van der Waals surface area contributed by atoms with Gasteiger partial charge in [-0.1, -0.05) is 200 Å². The van der Waals surface area contributed by atoms with Crippen LogP contribution in [-0.2, 0) is 0 Å². The number of para-hydroxylation sites is 1. The fourth-order valence-electron chi connectivity index (χ4n) is 13.0. The van der Waals surface area contributed by atoms with Crippen molar-refractivity contribution in [2.75, 3.05) is 0 Å². The van der Waals surface area contributed by atoms with Gasteiger partial charge in [0.15, 0.2) is 5.84 Å². The molecule has 6 heteroatoms. The first-order valence-electron chi connectivity index (χ1n) is 28.2. The zero-order valence-electron chi connectivity index (χ0n) is 44.4. The fourth-order valence-corrected chi connectivity index (χ4v) is 14.0. The quantitative estimate of drug-likeness (QED) is 0.154. The maximum atomic E-state index is 5.71. The molecule has 3 aliphatic rings. The molecule has 0 saturated carbocycles. The van der Waals surface area contributed by atoms with Gasteiger partial charge in [0.1, 0.15) is 12.0 Å². The maximum absolute atomic E-state index is 5.71. The maximum Gasteiger partial charge on any atom is 0.159 e. The molecule has 1 aliphatic heterocycles. The molecule has 13 aromatic rings. The van der Waals surface area contributed by atoms with E-state index in [1.54, 1.807) is 0 Å². The molecule has 0 spiro atoms. The Morgan fingerprint density at radius 1 is 0.457 bits per heavy atom. The third-order valence-corrected chi connectivity index (χ3v) is 17.9. The lowest BCUT2D eigenvalue weighted by Crippen LogP contribution is -2.34. The number of amidine groups is 2. The van der Waals surface area contributed by atoms with Crippen molar-refractivity contribution in [1.82, 2.24) is 14.5 Å². The van der Waals surface area contributed by atoms with Crippen LogP contribution in [0.15, 0.2) is 277 Å². The van der Waals surface area contributed by atoms with Crippen molar-refractivity contribution in [1.29, 1.82) is 0 Å². The Kier molecular flexibility index (Phi) is 11.3. The topological polar surface area (TPSA) is 46.6 Å². The number of fused-ring (bicyclic) bond motifs is 9. The van der Waals surface area contributed by atoms with Gasteiger partial charge in [-0.05, 0) is 125 Å². The van der Waals surface area contributed by atoms with Gasteiger partial charge in [0.2, 0.25) is 0 Å². The number of nitrogens with one attached hydrogen (secondary N) is 1. The number of benzene rings is 10. The average molecular weight is 1060 g/mol. The molecule has 2 atom stereocenters. The molecule has 2 aliphatic carbocycles. The number of hydrogen-bond acceptors (Lipinski definition) is 4. The highest BCUT2D eigenvalue weighted by molar-refractivity contribution is 7.25. The molecule has 16 rings (SSSR count). The van der Waals surface area contributed by atoms with Crippen molar-refractivity contribution in [3.8, 4) is 39.1 Å². The summed E-state index contributed by atoms with van der Waals surface area (Å²) in [6.07, 6.45) is 18.2. The molecular weight excluding hydrogens is 1000 g/mol. The van der Waals surface area contributed by atoms with Gasteiger partial charge in [-0.25, -0.2) is 9.98 Å². The Morgan fingerprint density at radius 3 is 1.90 bits per heavy atom. The number of aliphatic imine (C=N–C) groups is 2. The number of rotatable bonds is 9. The van der Waals surface area contributed by atoms with Crippen molar-refractivity contribution in [2.45, 2.75) is 31.3 Å². The third kappa shape index (κ3) is 8.04. The van der Waals surface area contributed by atoms with E-state index in [1.807, 2.05) is 11.3 Å². The molecule has 81 heavy (non-hydrogen) atoms. The average Bonchev–Trinajstić information content (AvgIpc) is 4.42. The molecule has 0 saturated heterocycles. The van der Waals surface area contributed by atoms with Crippen molar-refractivity contribution < 1.29 is 0 Å². The Balaban J connectivity index is 0.954. The minimum atomic E-state index is -0.531. The molecule has 0 fully saturated rings. The predicted molar refractivity (Wildman–Crippen MR) is 343 cm³/mol. The second kappa shape index (κ2) is 19.5. The van der Waals surface area contributed by atoms with Crippen LogP contribution in [0.5, 0.6) is 0 Å². The van der Waals surface area contributed by atoms with Gasteiger partial charge in [-0.3, -0.25) is 0 Å². The van der Waals surface area contributed by atoms with E-state index in [4.69, 9.17) is 9.98 Å². The van der Waals surface area contributed by atoms with Gasteiger partial charge < -0.3 is 14.5 Å². The van der Waals surface area contributed by atoms with E-state index in [0.717, 1.165) is 80.8 Å². The van der Waals surface area contributed by atoms with Crippen molar-refractivity contribution >= 4 is 92.5 Å². The summed E-state index contributed by atoms with van der Waals surface area (Å²) < 4.78 is 7.58. The SMILES string of the molecule is C1=CCCC(n2c3ccccc3c3c(-c4cccc5c4c4ccc(C6C=CC=CC6)cc4n5-c4cc(-c5ccccc5)ccc4C4N=C(c5cccc(-c6ccccc6)c5)N=C(c5ccc6sc7ccccc7c6c5)N4)cccc32)=C1. The molecule has 0 radical (unpaired) electrons. The van der Waals surface area contributed by atoms with Crippen LogP contribution in [-0.4, -0.2) is 20.8 Å². The lowest BCUT2D eigenvalue weighted by Gasteiger charge is -2.27. The second-order valence-electron chi connectivity index (χ2n) is 21.5. The first kappa shape index (κ1) is 47.1. The Labute approximate surface area is 473 Å². The molecule has 0 bridgehead atoms. The molecule has 384 valence electrons. The Morgan fingerprint density at radius 2 is 1.12 bits per heavy atom. The summed E-state index contributed by atoms with van der Waals surface area (Å²) in [7, 11) is 0. The number of nitrogens with zero attached hydrogens (tertiary/aromatic N) is 4. The van der Waals surface area contributed by atoms with Gasteiger partial charge in [0.05, 0.1) is 27.8 Å². The van der Waals surface area contributed by atoms with E-state index in [0.29, 0.717) is 5.84 Å². The van der Waals surface area contributed by atoms with Gasteiger partial charge in [-0.2, -0.15) is 0 Å². The monoisotopic (exact) mass is 1060 g/mol. The summed E-state index contributed by atoms with van der Waals surface area (Å²) in [5, 5.41) is 11.4. The predicted octanol–water partition coefficient (Wildman–Crippen LogP) is 19.5.